The summed E-state index contributed by atoms with van der Waals surface area (Å²) in [6.45, 7) is 6.78. The van der Waals surface area contributed by atoms with Gasteiger partial charge in [0.25, 0.3) is 0 Å². The third-order valence-electron chi connectivity index (χ3n) is 2.45. The van der Waals surface area contributed by atoms with E-state index in [1.54, 1.807) is 30.4 Å². The zero-order valence-corrected chi connectivity index (χ0v) is 9.30. The number of piperazine rings is 1. The van der Waals surface area contributed by atoms with Crippen LogP contribution in [0.3, 0.4) is 0 Å². The largest absolute Gasteiger partial charge is 0.480 e. The number of carboxylic acid groups (broad SMARTS) is 1. The molecule has 0 aliphatic carbocycles. The number of carbonyl (C=O) groups is 1. The lowest BCUT2D eigenvalue weighted by Crippen LogP contribution is -2.50. The van der Waals surface area contributed by atoms with Crippen molar-refractivity contribution in [3.05, 3.63) is 37.0 Å². The van der Waals surface area contributed by atoms with Crippen LogP contribution >= 0.6 is 0 Å². The van der Waals surface area contributed by atoms with Crippen LogP contribution in [0.15, 0.2) is 37.0 Å². The van der Waals surface area contributed by atoms with Crippen LogP contribution in [0.5, 0.6) is 0 Å². The molecule has 0 bridgehead atoms. The van der Waals surface area contributed by atoms with Crippen LogP contribution in [0, 0.1) is 0 Å². The molecule has 16 heavy (non-hydrogen) atoms. The summed E-state index contributed by atoms with van der Waals surface area (Å²) < 4.78 is 0. The van der Waals surface area contributed by atoms with Gasteiger partial charge in [-0.3, -0.25) is 9.69 Å². The molecular weight excluding hydrogens is 204 g/mol. The third kappa shape index (κ3) is 4.00. The van der Waals surface area contributed by atoms with E-state index in [1.807, 2.05) is 4.90 Å². The Morgan fingerprint density at radius 1 is 1.31 bits per heavy atom. The highest BCUT2D eigenvalue weighted by Crippen LogP contribution is 2.04. The summed E-state index contributed by atoms with van der Waals surface area (Å²) >= 11 is 0. The Kier molecular flexibility index (Phi) is 5.53. The fourth-order valence-electron chi connectivity index (χ4n) is 1.63. The smallest absolute Gasteiger partial charge is 0.324 e. The standard InChI is InChI=1S/C12H18N2O2/c1-2-3-4-5-6-11(12(15)16)14-9-7-13-8-10-14/h2-6,11,13H,1,7-10H2,(H,15,16)/b4-3-,6-5+. The van der Waals surface area contributed by atoms with Crippen molar-refractivity contribution in [1.82, 2.24) is 10.2 Å². The lowest BCUT2D eigenvalue weighted by atomic mass is 10.2. The lowest BCUT2D eigenvalue weighted by molar-refractivity contribution is -0.141. The molecule has 1 saturated heterocycles. The van der Waals surface area contributed by atoms with Crippen molar-refractivity contribution in [3.8, 4) is 0 Å². The Bertz CT molecular complexity index is 291. The summed E-state index contributed by atoms with van der Waals surface area (Å²) in [6.07, 6.45) is 8.67. The molecule has 2 N–H and O–H groups in total. The van der Waals surface area contributed by atoms with E-state index < -0.39 is 12.0 Å². The number of nitrogens with zero attached hydrogens (tertiary/aromatic N) is 1. The topological polar surface area (TPSA) is 52.6 Å². The maximum absolute atomic E-state index is 11.1. The molecule has 4 heteroatoms. The normalized spacial score (nSPS) is 20.2. The van der Waals surface area contributed by atoms with Gasteiger partial charge in [0, 0.05) is 26.2 Å². The zero-order chi connectivity index (χ0) is 11.8. The Morgan fingerprint density at radius 2 is 2.00 bits per heavy atom. The minimum Gasteiger partial charge on any atom is -0.480 e. The van der Waals surface area contributed by atoms with E-state index in [1.165, 1.54) is 0 Å². The predicted molar refractivity (Wildman–Crippen MR) is 64.3 cm³/mol. The van der Waals surface area contributed by atoms with Crippen molar-refractivity contribution in [2.24, 2.45) is 0 Å². The molecule has 1 aliphatic heterocycles. The lowest BCUT2D eigenvalue weighted by Gasteiger charge is -2.30. The first kappa shape index (κ1) is 12.7. The third-order valence-corrected chi connectivity index (χ3v) is 2.45. The van der Waals surface area contributed by atoms with E-state index in [-0.39, 0.29) is 0 Å². The fourth-order valence-corrected chi connectivity index (χ4v) is 1.63. The van der Waals surface area contributed by atoms with Crippen molar-refractivity contribution in [2.75, 3.05) is 26.2 Å². The van der Waals surface area contributed by atoms with Gasteiger partial charge in [-0.2, -0.15) is 0 Å². The summed E-state index contributed by atoms with van der Waals surface area (Å²) in [5, 5.41) is 12.3. The van der Waals surface area contributed by atoms with Gasteiger partial charge in [-0.1, -0.05) is 37.0 Å². The highest BCUT2D eigenvalue weighted by molar-refractivity contribution is 5.76. The van der Waals surface area contributed by atoms with Crippen molar-refractivity contribution in [2.45, 2.75) is 6.04 Å². The highest BCUT2D eigenvalue weighted by Gasteiger charge is 2.23. The number of hydrogen-bond donors (Lipinski definition) is 2. The van der Waals surface area contributed by atoms with Crippen molar-refractivity contribution in [3.63, 3.8) is 0 Å². The Labute approximate surface area is 95.9 Å². The quantitative estimate of drug-likeness (QED) is 0.670. The molecule has 0 aromatic heterocycles. The Balaban J connectivity index is 2.58. The molecule has 0 saturated carbocycles. The Morgan fingerprint density at radius 3 is 2.56 bits per heavy atom. The summed E-state index contributed by atoms with van der Waals surface area (Å²) in [4.78, 5) is 13.1. The fraction of sp³-hybridized carbons (Fsp3) is 0.417. The van der Waals surface area contributed by atoms with Gasteiger partial charge in [0.05, 0.1) is 0 Å². The Hall–Kier alpha value is -1.39. The molecule has 1 aliphatic rings. The van der Waals surface area contributed by atoms with Crippen LogP contribution in [-0.2, 0) is 4.79 Å². The average molecular weight is 222 g/mol. The number of hydrogen-bond acceptors (Lipinski definition) is 3. The second kappa shape index (κ2) is 6.98. The minimum absolute atomic E-state index is 0.531. The first-order valence-corrected chi connectivity index (χ1v) is 5.39. The van der Waals surface area contributed by atoms with E-state index >= 15 is 0 Å². The van der Waals surface area contributed by atoms with Crippen LogP contribution in [0.4, 0.5) is 0 Å². The van der Waals surface area contributed by atoms with E-state index in [0.29, 0.717) is 0 Å². The number of rotatable bonds is 5. The van der Waals surface area contributed by atoms with Crippen LogP contribution in [0.1, 0.15) is 0 Å². The second-order valence-corrected chi connectivity index (χ2v) is 3.57. The highest BCUT2D eigenvalue weighted by atomic mass is 16.4. The number of aliphatic carboxylic acids is 1. The van der Waals surface area contributed by atoms with E-state index in [0.717, 1.165) is 26.2 Å². The minimum atomic E-state index is -0.801. The van der Waals surface area contributed by atoms with Crippen molar-refractivity contribution < 1.29 is 9.90 Å². The van der Waals surface area contributed by atoms with Crippen molar-refractivity contribution >= 4 is 5.97 Å². The van der Waals surface area contributed by atoms with Gasteiger partial charge in [0.2, 0.25) is 0 Å². The van der Waals surface area contributed by atoms with E-state index in [4.69, 9.17) is 5.11 Å². The molecule has 0 aromatic rings. The monoisotopic (exact) mass is 222 g/mol. The SMILES string of the molecule is C=C/C=C\C=C\C(C(=O)O)N1CCNCC1. The average Bonchev–Trinajstić information content (AvgIpc) is 2.30. The number of nitrogens with one attached hydrogen (secondary N) is 1. The first-order valence-electron chi connectivity index (χ1n) is 5.39. The molecule has 1 atom stereocenters. The molecule has 0 aromatic carbocycles. The molecule has 88 valence electrons. The van der Waals surface area contributed by atoms with Gasteiger partial charge >= 0.3 is 5.97 Å². The van der Waals surface area contributed by atoms with Crippen LogP contribution in [-0.4, -0.2) is 48.2 Å². The van der Waals surface area contributed by atoms with Gasteiger partial charge in [-0.15, -0.1) is 0 Å². The molecule has 0 radical (unpaired) electrons. The van der Waals surface area contributed by atoms with Gasteiger partial charge in [-0.25, -0.2) is 0 Å². The van der Waals surface area contributed by atoms with Crippen molar-refractivity contribution in [1.29, 1.82) is 0 Å². The first-order chi connectivity index (χ1) is 7.75. The molecule has 1 fully saturated rings. The number of carboxylic acids is 1. The van der Waals surface area contributed by atoms with Crippen LogP contribution < -0.4 is 5.32 Å². The number of allylic oxidation sites excluding steroid dienone is 4. The molecule has 4 nitrogen and oxygen atoms in total. The zero-order valence-electron chi connectivity index (χ0n) is 9.30. The van der Waals surface area contributed by atoms with Crippen LogP contribution in [0.2, 0.25) is 0 Å². The summed E-state index contributed by atoms with van der Waals surface area (Å²) in [7, 11) is 0. The predicted octanol–water partition coefficient (Wildman–Crippen LogP) is 0.643. The second-order valence-electron chi connectivity index (χ2n) is 3.57. The molecule has 1 unspecified atom stereocenters. The van der Waals surface area contributed by atoms with Gasteiger partial charge < -0.3 is 10.4 Å². The summed E-state index contributed by atoms with van der Waals surface area (Å²) in [5.74, 6) is -0.801. The van der Waals surface area contributed by atoms with Crippen LogP contribution in [0.25, 0.3) is 0 Å². The summed E-state index contributed by atoms with van der Waals surface area (Å²) in [5.41, 5.74) is 0. The molecule has 0 amide bonds. The van der Waals surface area contributed by atoms with E-state index in [2.05, 4.69) is 11.9 Å². The molecular formula is C12H18N2O2. The molecule has 0 spiro atoms. The van der Waals surface area contributed by atoms with Gasteiger partial charge in [-0.05, 0) is 0 Å². The van der Waals surface area contributed by atoms with Gasteiger partial charge in [0.15, 0.2) is 0 Å². The maximum atomic E-state index is 11.1. The molecule has 1 rings (SSSR count). The maximum Gasteiger partial charge on any atom is 0.324 e. The van der Waals surface area contributed by atoms with Gasteiger partial charge in [0.1, 0.15) is 6.04 Å². The summed E-state index contributed by atoms with van der Waals surface area (Å²) in [6, 6.07) is -0.531. The van der Waals surface area contributed by atoms with E-state index in [9.17, 15) is 4.79 Å². The molecule has 1 heterocycles.